The summed E-state index contributed by atoms with van der Waals surface area (Å²) in [6.45, 7) is 1.75. The lowest BCUT2D eigenvalue weighted by Gasteiger charge is -2.01. The van der Waals surface area contributed by atoms with Gasteiger partial charge in [0.25, 0.3) is 0 Å². The summed E-state index contributed by atoms with van der Waals surface area (Å²) in [5.41, 5.74) is -0.303. The van der Waals surface area contributed by atoms with Crippen molar-refractivity contribution >= 4 is 10.8 Å². The first kappa shape index (κ1) is 8.81. The van der Waals surface area contributed by atoms with Crippen LogP contribution in [0.4, 0.5) is 0 Å². The average molecular weight is 190 g/mol. The molecular formula is C11H10O3. The minimum Gasteiger partial charge on any atom is -0.497 e. The lowest BCUT2D eigenvalue weighted by atomic mass is 10.1. The standard InChI is InChI=1S/C11H10O3/c1-7-5-8-6-9(13-2)3-4-10(8)11(12)14-7/h3-6H,1-2H3. The summed E-state index contributed by atoms with van der Waals surface area (Å²) >= 11 is 0. The van der Waals surface area contributed by atoms with E-state index in [0.29, 0.717) is 11.1 Å². The van der Waals surface area contributed by atoms with E-state index >= 15 is 0 Å². The zero-order chi connectivity index (χ0) is 10.1. The summed E-state index contributed by atoms with van der Waals surface area (Å²) in [7, 11) is 1.60. The molecule has 3 nitrogen and oxygen atoms in total. The fourth-order valence-electron chi connectivity index (χ4n) is 1.42. The fraction of sp³-hybridized carbons (Fsp3) is 0.182. The summed E-state index contributed by atoms with van der Waals surface area (Å²) in [5, 5.41) is 1.43. The molecule has 0 bridgehead atoms. The Labute approximate surface area is 80.9 Å². The van der Waals surface area contributed by atoms with E-state index in [9.17, 15) is 4.79 Å². The van der Waals surface area contributed by atoms with Crippen LogP contribution in [0.5, 0.6) is 5.75 Å². The Morgan fingerprint density at radius 3 is 2.79 bits per heavy atom. The Kier molecular flexibility index (Phi) is 2.00. The highest BCUT2D eigenvalue weighted by Gasteiger charge is 2.02. The highest BCUT2D eigenvalue weighted by molar-refractivity contribution is 5.82. The van der Waals surface area contributed by atoms with E-state index in [1.807, 2.05) is 12.1 Å². The molecule has 0 aliphatic heterocycles. The van der Waals surface area contributed by atoms with Crippen molar-refractivity contribution in [3.63, 3.8) is 0 Å². The highest BCUT2D eigenvalue weighted by Crippen LogP contribution is 2.18. The van der Waals surface area contributed by atoms with Crippen molar-refractivity contribution in [3.8, 4) is 5.75 Å². The van der Waals surface area contributed by atoms with Gasteiger partial charge in [0, 0.05) is 0 Å². The maximum absolute atomic E-state index is 11.4. The van der Waals surface area contributed by atoms with Crippen LogP contribution in [-0.4, -0.2) is 7.11 Å². The van der Waals surface area contributed by atoms with Crippen LogP contribution in [0.2, 0.25) is 0 Å². The monoisotopic (exact) mass is 190 g/mol. The number of ether oxygens (including phenoxy) is 1. The van der Waals surface area contributed by atoms with Crippen molar-refractivity contribution in [2.45, 2.75) is 6.92 Å². The number of hydrogen-bond acceptors (Lipinski definition) is 3. The van der Waals surface area contributed by atoms with Crippen LogP contribution in [0, 0.1) is 6.92 Å². The smallest absolute Gasteiger partial charge is 0.343 e. The van der Waals surface area contributed by atoms with Gasteiger partial charge in [-0.3, -0.25) is 0 Å². The van der Waals surface area contributed by atoms with Gasteiger partial charge < -0.3 is 9.15 Å². The minimum absolute atomic E-state index is 0.303. The van der Waals surface area contributed by atoms with E-state index in [1.54, 1.807) is 26.2 Å². The second-order valence-corrected chi connectivity index (χ2v) is 3.10. The van der Waals surface area contributed by atoms with E-state index in [4.69, 9.17) is 9.15 Å². The maximum atomic E-state index is 11.4. The van der Waals surface area contributed by atoms with Gasteiger partial charge >= 0.3 is 5.63 Å². The van der Waals surface area contributed by atoms with E-state index in [0.717, 1.165) is 11.1 Å². The molecule has 1 heterocycles. The predicted molar refractivity (Wildman–Crippen MR) is 53.8 cm³/mol. The molecule has 1 aromatic carbocycles. The maximum Gasteiger partial charge on any atom is 0.343 e. The Bertz CT molecular complexity index is 526. The molecule has 0 saturated carbocycles. The van der Waals surface area contributed by atoms with Gasteiger partial charge in [0.1, 0.15) is 11.5 Å². The quantitative estimate of drug-likeness (QED) is 0.691. The van der Waals surface area contributed by atoms with Gasteiger partial charge in [-0.2, -0.15) is 0 Å². The third kappa shape index (κ3) is 1.37. The van der Waals surface area contributed by atoms with E-state index in [2.05, 4.69) is 0 Å². The second-order valence-electron chi connectivity index (χ2n) is 3.10. The SMILES string of the molecule is COc1ccc2c(=O)oc(C)cc2c1. The molecular weight excluding hydrogens is 180 g/mol. The zero-order valence-corrected chi connectivity index (χ0v) is 8.03. The van der Waals surface area contributed by atoms with Crippen molar-refractivity contribution < 1.29 is 9.15 Å². The molecule has 0 N–H and O–H groups in total. The summed E-state index contributed by atoms with van der Waals surface area (Å²) < 4.78 is 10.0. The zero-order valence-electron chi connectivity index (χ0n) is 8.03. The molecule has 0 aliphatic rings. The van der Waals surface area contributed by atoms with Gasteiger partial charge in [-0.25, -0.2) is 4.79 Å². The van der Waals surface area contributed by atoms with Crippen LogP contribution < -0.4 is 10.4 Å². The van der Waals surface area contributed by atoms with E-state index in [1.165, 1.54) is 0 Å². The molecule has 72 valence electrons. The van der Waals surface area contributed by atoms with E-state index < -0.39 is 0 Å². The van der Waals surface area contributed by atoms with Crippen molar-refractivity contribution in [1.29, 1.82) is 0 Å². The Morgan fingerprint density at radius 2 is 2.07 bits per heavy atom. The summed E-state index contributed by atoms with van der Waals surface area (Å²) in [6, 6.07) is 7.09. The number of aryl methyl sites for hydroxylation is 1. The fourth-order valence-corrected chi connectivity index (χ4v) is 1.42. The van der Waals surface area contributed by atoms with Gasteiger partial charge in [-0.15, -0.1) is 0 Å². The molecule has 0 radical (unpaired) electrons. The summed E-state index contributed by atoms with van der Waals surface area (Å²) in [4.78, 5) is 11.4. The van der Waals surface area contributed by atoms with Gasteiger partial charge in [0.05, 0.1) is 12.5 Å². The molecule has 0 unspecified atom stereocenters. The number of hydrogen-bond donors (Lipinski definition) is 0. The third-order valence-electron chi connectivity index (χ3n) is 2.09. The third-order valence-corrected chi connectivity index (χ3v) is 2.09. The molecule has 0 saturated heterocycles. The van der Waals surface area contributed by atoms with Crippen LogP contribution in [-0.2, 0) is 0 Å². The van der Waals surface area contributed by atoms with Crippen LogP contribution >= 0.6 is 0 Å². The molecule has 0 amide bonds. The molecule has 0 aliphatic carbocycles. The molecule has 3 heteroatoms. The normalized spacial score (nSPS) is 10.4. The van der Waals surface area contributed by atoms with E-state index in [-0.39, 0.29) is 5.63 Å². The molecule has 0 atom stereocenters. The lowest BCUT2D eigenvalue weighted by molar-refractivity contribution is 0.415. The number of benzene rings is 1. The first-order valence-corrected chi connectivity index (χ1v) is 4.29. The Hall–Kier alpha value is -1.77. The second kappa shape index (κ2) is 3.18. The Balaban J connectivity index is 2.82. The van der Waals surface area contributed by atoms with Crippen LogP contribution in [0.15, 0.2) is 33.5 Å². The lowest BCUT2D eigenvalue weighted by Crippen LogP contribution is -2.00. The predicted octanol–water partition coefficient (Wildman–Crippen LogP) is 2.11. The first-order valence-electron chi connectivity index (χ1n) is 4.29. The minimum atomic E-state index is -0.303. The summed E-state index contributed by atoms with van der Waals surface area (Å²) in [6.07, 6.45) is 0. The van der Waals surface area contributed by atoms with Crippen molar-refractivity contribution in [2.24, 2.45) is 0 Å². The Morgan fingerprint density at radius 1 is 1.29 bits per heavy atom. The molecule has 2 aromatic rings. The van der Waals surface area contributed by atoms with Gasteiger partial charge in [-0.05, 0) is 36.6 Å². The van der Waals surface area contributed by atoms with Crippen molar-refractivity contribution in [1.82, 2.24) is 0 Å². The van der Waals surface area contributed by atoms with Crippen LogP contribution in [0.1, 0.15) is 5.76 Å². The highest BCUT2D eigenvalue weighted by atomic mass is 16.5. The van der Waals surface area contributed by atoms with Crippen molar-refractivity contribution in [2.75, 3.05) is 7.11 Å². The molecule has 14 heavy (non-hydrogen) atoms. The first-order chi connectivity index (χ1) is 6.70. The largest absolute Gasteiger partial charge is 0.497 e. The van der Waals surface area contributed by atoms with Gasteiger partial charge in [0.15, 0.2) is 0 Å². The summed E-state index contributed by atoms with van der Waals surface area (Å²) in [5.74, 6) is 1.35. The molecule has 0 fully saturated rings. The van der Waals surface area contributed by atoms with Gasteiger partial charge in [0.2, 0.25) is 0 Å². The van der Waals surface area contributed by atoms with Crippen molar-refractivity contribution in [3.05, 3.63) is 40.4 Å². The average Bonchev–Trinajstić information content (AvgIpc) is 2.16. The number of rotatable bonds is 1. The van der Waals surface area contributed by atoms with Crippen LogP contribution in [0.25, 0.3) is 10.8 Å². The number of methoxy groups -OCH3 is 1. The number of fused-ring (bicyclic) bond motifs is 1. The topological polar surface area (TPSA) is 39.4 Å². The van der Waals surface area contributed by atoms with Gasteiger partial charge in [-0.1, -0.05) is 0 Å². The molecule has 2 rings (SSSR count). The van der Waals surface area contributed by atoms with Crippen LogP contribution in [0.3, 0.4) is 0 Å². The molecule has 0 spiro atoms. The molecule has 1 aromatic heterocycles.